The second kappa shape index (κ2) is 4.13. The standard InChI is InChI=1S/C10H6Br2N2/c1-5-7(3-13)9(11)6(2)10(12)8(5)4-14/h1-2H3. The van der Waals surface area contributed by atoms with Crippen molar-refractivity contribution in [1.82, 2.24) is 0 Å². The van der Waals surface area contributed by atoms with E-state index >= 15 is 0 Å². The zero-order chi connectivity index (χ0) is 10.9. The van der Waals surface area contributed by atoms with Crippen molar-refractivity contribution in [3.63, 3.8) is 0 Å². The molecule has 0 bridgehead atoms. The number of nitrogens with zero attached hydrogens (tertiary/aromatic N) is 2. The summed E-state index contributed by atoms with van der Waals surface area (Å²) in [5.41, 5.74) is 2.65. The first-order valence-electron chi connectivity index (χ1n) is 3.83. The second-order valence-electron chi connectivity index (χ2n) is 2.85. The van der Waals surface area contributed by atoms with Crippen LogP contribution < -0.4 is 0 Å². The summed E-state index contributed by atoms with van der Waals surface area (Å²) in [7, 11) is 0. The zero-order valence-corrected chi connectivity index (χ0v) is 10.8. The Morgan fingerprint density at radius 3 is 1.50 bits per heavy atom. The summed E-state index contributed by atoms with van der Waals surface area (Å²) in [6, 6.07) is 4.17. The summed E-state index contributed by atoms with van der Waals surface area (Å²) < 4.78 is 1.51. The summed E-state index contributed by atoms with van der Waals surface area (Å²) in [4.78, 5) is 0. The van der Waals surface area contributed by atoms with Crippen LogP contribution in [0.5, 0.6) is 0 Å². The van der Waals surface area contributed by atoms with Crippen molar-refractivity contribution >= 4 is 31.9 Å². The summed E-state index contributed by atoms with van der Waals surface area (Å²) in [5, 5.41) is 17.9. The molecule has 0 N–H and O–H groups in total. The Labute approximate surface area is 99.4 Å². The van der Waals surface area contributed by atoms with E-state index in [1.807, 2.05) is 6.92 Å². The van der Waals surface area contributed by atoms with Crippen LogP contribution in [0.25, 0.3) is 0 Å². The van der Waals surface area contributed by atoms with Gasteiger partial charge in [-0.05, 0) is 56.8 Å². The first kappa shape index (κ1) is 11.2. The molecular weight excluding hydrogens is 308 g/mol. The monoisotopic (exact) mass is 312 g/mol. The Kier molecular flexibility index (Phi) is 3.31. The van der Waals surface area contributed by atoms with E-state index in [1.165, 1.54) is 0 Å². The first-order valence-corrected chi connectivity index (χ1v) is 5.41. The van der Waals surface area contributed by atoms with Gasteiger partial charge in [0.05, 0.1) is 11.1 Å². The topological polar surface area (TPSA) is 47.6 Å². The van der Waals surface area contributed by atoms with E-state index in [1.54, 1.807) is 6.92 Å². The predicted octanol–water partition coefficient (Wildman–Crippen LogP) is 3.57. The van der Waals surface area contributed by atoms with Gasteiger partial charge in [-0.2, -0.15) is 10.5 Å². The number of nitriles is 2. The van der Waals surface area contributed by atoms with Crippen molar-refractivity contribution in [2.45, 2.75) is 13.8 Å². The molecule has 0 radical (unpaired) electrons. The highest BCUT2D eigenvalue weighted by Gasteiger charge is 2.15. The molecule has 0 aromatic heterocycles. The van der Waals surface area contributed by atoms with Crippen LogP contribution in [0.1, 0.15) is 22.3 Å². The smallest absolute Gasteiger partial charge is 0.101 e. The summed E-state index contributed by atoms with van der Waals surface area (Å²) >= 11 is 6.69. The van der Waals surface area contributed by atoms with Gasteiger partial charge in [-0.1, -0.05) is 0 Å². The molecule has 4 heteroatoms. The normalized spacial score (nSPS) is 9.29. The minimum absolute atomic E-state index is 0.530. The van der Waals surface area contributed by atoms with E-state index in [2.05, 4.69) is 44.0 Å². The third-order valence-corrected chi connectivity index (χ3v) is 4.05. The van der Waals surface area contributed by atoms with Gasteiger partial charge in [-0.3, -0.25) is 0 Å². The lowest BCUT2D eigenvalue weighted by Crippen LogP contribution is -1.95. The predicted molar refractivity (Wildman–Crippen MR) is 60.7 cm³/mol. The molecule has 0 aliphatic heterocycles. The van der Waals surface area contributed by atoms with Crippen molar-refractivity contribution < 1.29 is 0 Å². The summed E-state index contributed by atoms with van der Waals surface area (Å²) in [6.45, 7) is 3.63. The Morgan fingerprint density at radius 1 is 0.857 bits per heavy atom. The minimum atomic E-state index is 0.530. The molecule has 0 amide bonds. The maximum atomic E-state index is 8.93. The molecule has 2 nitrogen and oxygen atoms in total. The number of hydrogen-bond donors (Lipinski definition) is 0. The molecule has 0 aliphatic rings. The van der Waals surface area contributed by atoms with Crippen molar-refractivity contribution in [1.29, 1.82) is 10.5 Å². The molecule has 0 fully saturated rings. The lowest BCUT2D eigenvalue weighted by Gasteiger charge is -2.09. The molecule has 0 atom stereocenters. The van der Waals surface area contributed by atoms with E-state index in [0.29, 0.717) is 16.7 Å². The van der Waals surface area contributed by atoms with Crippen LogP contribution in [0.2, 0.25) is 0 Å². The van der Waals surface area contributed by atoms with Crippen molar-refractivity contribution in [3.05, 3.63) is 31.2 Å². The largest absolute Gasteiger partial charge is 0.192 e. The van der Waals surface area contributed by atoms with Gasteiger partial charge in [-0.25, -0.2) is 0 Å². The molecule has 70 valence electrons. The van der Waals surface area contributed by atoms with Gasteiger partial charge >= 0.3 is 0 Å². The molecule has 0 unspecified atom stereocenters. The number of hydrogen-bond acceptors (Lipinski definition) is 2. The zero-order valence-electron chi connectivity index (χ0n) is 7.65. The Morgan fingerprint density at radius 2 is 1.21 bits per heavy atom. The second-order valence-corrected chi connectivity index (χ2v) is 4.44. The molecule has 0 saturated heterocycles. The Hall–Kier alpha value is -0.840. The third-order valence-electron chi connectivity index (χ3n) is 2.07. The fourth-order valence-electron chi connectivity index (χ4n) is 1.19. The van der Waals surface area contributed by atoms with Gasteiger partial charge in [0, 0.05) is 8.95 Å². The molecule has 0 heterocycles. The summed E-state index contributed by atoms with van der Waals surface area (Å²) in [6.07, 6.45) is 0. The fraction of sp³-hybridized carbons (Fsp3) is 0.200. The van der Waals surface area contributed by atoms with Crippen LogP contribution in [0.15, 0.2) is 8.95 Å². The van der Waals surface area contributed by atoms with Crippen LogP contribution in [0.4, 0.5) is 0 Å². The van der Waals surface area contributed by atoms with Gasteiger partial charge in [0.2, 0.25) is 0 Å². The fourth-order valence-corrected chi connectivity index (χ4v) is 2.63. The van der Waals surface area contributed by atoms with E-state index in [0.717, 1.165) is 14.5 Å². The highest BCUT2D eigenvalue weighted by molar-refractivity contribution is 9.11. The van der Waals surface area contributed by atoms with Gasteiger partial charge in [-0.15, -0.1) is 0 Å². The molecular formula is C10H6Br2N2. The van der Waals surface area contributed by atoms with Crippen LogP contribution in [-0.2, 0) is 0 Å². The van der Waals surface area contributed by atoms with Crippen LogP contribution >= 0.6 is 31.9 Å². The molecule has 1 rings (SSSR count). The maximum Gasteiger partial charge on any atom is 0.101 e. The molecule has 0 aliphatic carbocycles. The average molecular weight is 314 g/mol. The van der Waals surface area contributed by atoms with Crippen LogP contribution in [0.3, 0.4) is 0 Å². The van der Waals surface area contributed by atoms with Crippen LogP contribution in [0, 0.1) is 36.5 Å². The SMILES string of the molecule is Cc1c(Br)c(C#N)c(C)c(C#N)c1Br. The van der Waals surface area contributed by atoms with Gasteiger partial charge in [0.25, 0.3) is 0 Å². The summed E-state index contributed by atoms with van der Waals surface area (Å²) in [5.74, 6) is 0. The maximum absolute atomic E-state index is 8.93. The van der Waals surface area contributed by atoms with Gasteiger partial charge in [0.15, 0.2) is 0 Å². The van der Waals surface area contributed by atoms with E-state index in [-0.39, 0.29) is 0 Å². The number of benzene rings is 1. The highest BCUT2D eigenvalue weighted by Crippen LogP contribution is 2.33. The Balaban J connectivity index is 3.78. The van der Waals surface area contributed by atoms with Crippen molar-refractivity contribution in [2.24, 2.45) is 0 Å². The average Bonchev–Trinajstić information content (AvgIpc) is 2.16. The number of rotatable bonds is 0. The van der Waals surface area contributed by atoms with Crippen LogP contribution in [-0.4, -0.2) is 0 Å². The van der Waals surface area contributed by atoms with E-state index in [9.17, 15) is 0 Å². The lowest BCUT2D eigenvalue weighted by molar-refractivity contribution is 1.26. The molecule has 0 saturated carbocycles. The minimum Gasteiger partial charge on any atom is -0.192 e. The first-order chi connectivity index (χ1) is 6.54. The van der Waals surface area contributed by atoms with E-state index < -0.39 is 0 Å². The Bertz CT molecular complexity index is 437. The van der Waals surface area contributed by atoms with Gasteiger partial charge in [0.1, 0.15) is 12.1 Å². The molecule has 0 spiro atoms. The van der Waals surface area contributed by atoms with Crippen molar-refractivity contribution in [2.75, 3.05) is 0 Å². The molecule has 14 heavy (non-hydrogen) atoms. The third kappa shape index (κ3) is 1.56. The number of halogens is 2. The highest BCUT2D eigenvalue weighted by atomic mass is 79.9. The van der Waals surface area contributed by atoms with E-state index in [4.69, 9.17) is 10.5 Å². The molecule has 1 aromatic carbocycles. The van der Waals surface area contributed by atoms with Crippen molar-refractivity contribution in [3.8, 4) is 12.1 Å². The lowest BCUT2D eigenvalue weighted by atomic mass is 10.0. The quantitative estimate of drug-likeness (QED) is 0.735. The molecule has 1 aromatic rings. The van der Waals surface area contributed by atoms with Gasteiger partial charge < -0.3 is 0 Å².